The summed E-state index contributed by atoms with van der Waals surface area (Å²) in [6.07, 6.45) is 0.981. The van der Waals surface area contributed by atoms with Crippen molar-refractivity contribution in [3.63, 3.8) is 0 Å². The molecule has 0 saturated heterocycles. The molecule has 0 radical (unpaired) electrons. The minimum atomic E-state index is -1.01. The van der Waals surface area contributed by atoms with E-state index in [0.717, 1.165) is 0 Å². The fourth-order valence-electron chi connectivity index (χ4n) is 1.51. The highest BCUT2D eigenvalue weighted by Crippen LogP contribution is 2.29. The maximum Gasteiger partial charge on any atom is 0.309 e. The molecule has 0 fully saturated rings. The van der Waals surface area contributed by atoms with Gasteiger partial charge in [-0.25, -0.2) is 9.37 Å². The lowest BCUT2D eigenvalue weighted by molar-refractivity contribution is -0.136. The molecule has 0 unspecified atom stereocenters. The van der Waals surface area contributed by atoms with Gasteiger partial charge in [0.2, 0.25) is 5.89 Å². The van der Waals surface area contributed by atoms with Crippen LogP contribution in [-0.4, -0.2) is 23.2 Å². The lowest BCUT2D eigenvalue weighted by Crippen LogP contribution is -2.00. The number of hydrogen-bond donors (Lipinski definition) is 1. The number of ether oxygens (including phenoxy) is 1. The Hall–Kier alpha value is -2.37. The molecule has 0 saturated carbocycles. The summed E-state index contributed by atoms with van der Waals surface area (Å²) in [6, 6.07) is 3.92. The van der Waals surface area contributed by atoms with Crippen molar-refractivity contribution >= 4 is 5.97 Å². The molecular weight excluding hydrogens is 241 g/mol. The molecule has 6 heteroatoms. The lowest BCUT2D eigenvalue weighted by atomic mass is 10.2. The van der Waals surface area contributed by atoms with Gasteiger partial charge in [0.15, 0.2) is 0 Å². The van der Waals surface area contributed by atoms with Crippen LogP contribution in [-0.2, 0) is 11.2 Å². The molecule has 1 heterocycles. The minimum Gasteiger partial charge on any atom is -0.496 e. The number of rotatable bonds is 4. The van der Waals surface area contributed by atoms with Gasteiger partial charge in [-0.3, -0.25) is 4.79 Å². The van der Waals surface area contributed by atoms with Gasteiger partial charge in [0, 0.05) is 0 Å². The van der Waals surface area contributed by atoms with Crippen LogP contribution in [0.25, 0.3) is 11.5 Å². The van der Waals surface area contributed by atoms with Crippen molar-refractivity contribution in [3.05, 3.63) is 36.0 Å². The Bertz CT molecular complexity index is 579. The van der Waals surface area contributed by atoms with Crippen LogP contribution in [0, 0.1) is 5.82 Å². The third kappa shape index (κ3) is 2.48. The summed E-state index contributed by atoms with van der Waals surface area (Å²) >= 11 is 0. The molecule has 0 aliphatic heterocycles. The van der Waals surface area contributed by atoms with Crippen molar-refractivity contribution in [2.45, 2.75) is 6.42 Å². The lowest BCUT2D eigenvalue weighted by Gasteiger charge is -2.04. The number of benzene rings is 1. The van der Waals surface area contributed by atoms with E-state index in [1.165, 1.54) is 31.6 Å². The zero-order chi connectivity index (χ0) is 13.1. The summed E-state index contributed by atoms with van der Waals surface area (Å²) in [6.45, 7) is 0. The first kappa shape index (κ1) is 12.1. The number of aliphatic carboxylic acids is 1. The first-order chi connectivity index (χ1) is 8.60. The van der Waals surface area contributed by atoms with Gasteiger partial charge in [-0.1, -0.05) is 0 Å². The van der Waals surface area contributed by atoms with Crippen molar-refractivity contribution in [2.75, 3.05) is 7.11 Å². The van der Waals surface area contributed by atoms with Crippen LogP contribution in [0.3, 0.4) is 0 Å². The van der Waals surface area contributed by atoms with Gasteiger partial charge in [-0.2, -0.15) is 0 Å². The van der Waals surface area contributed by atoms with E-state index in [0.29, 0.717) is 11.3 Å². The largest absolute Gasteiger partial charge is 0.496 e. The molecule has 2 rings (SSSR count). The maximum atomic E-state index is 13.2. The van der Waals surface area contributed by atoms with E-state index in [4.69, 9.17) is 14.3 Å². The zero-order valence-corrected chi connectivity index (χ0v) is 9.51. The molecular formula is C12H10FNO4. The minimum absolute atomic E-state index is 0.127. The van der Waals surface area contributed by atoms with Crippen LogP contribution in [0.4, 0.5) is 4.39 Å². The van der Waals surface area contributed by atoms with Crippen LogP contribution >= 0.6 is 0 Å². The summed E-state index contributed by atoms with van der Waals surface area (Å²) in [5.41, 5.74) is 0.609. The Morgan fingerprint density at radius 2 is 2.33 bits per heavy atom. The molecule has 1 aromatic carbocycles. The Kier molecular flexibility index (Phi) is 3.27. The molecule has 5 nitrogen and oxygen atoms in total. The van der Waals surface area contributed by atoms with Crippen molar-refractivity contribution in [1.29, 1.82) is 0 Å². The highest BCUT2D eigenvalue weighted by Gasteiger charge is 2.14. The van der Waals surface area contributed by atoms with E-state index in [1.807, 2.05) is 0 Å². The Morgan fingerprint density at radius 1 is 1.56 bits per heavy atom. The first-order valence-electron chi connectivity index (χ1n) is 5.10. The van der Waals surface area contributed by atoms with Gasteiger partial charge >= 0.3 is 5.97 Å². The Morgan fingerprint density at radius 3 is 3.00 bits per heavy atom. The van der Waals surface area contributed by atoms with Crippen LogP contribution in [0.1, 0.15) is 5.69 Å². The first-order valence-corrected chi connectivity index (χ1v) is 5.10. The summed E-state index contributed by atoms with van der Waals surface area (Å²) in [5.74, 6) is -0.937. The van der Waals surface area contributed by atoms with Gasteiger partial charge < -0.3 is 14.3 Å². The van der Waals surface area contributed by atoms with Gasteiger partial charge in [-0.15, -0.1) is 0 Å². The Labute approximate surface area is 102 Å². The highest BCUT2D eigenvalue weighted by molar-refractivity contribution is 5.70. The van der Waals surface area contributed by atoms with Crippen molar-refractivity contribution in [2.24, 2.45) is 0 Å². The second kappa shape index (κ2) is 4.87. The summed E-state index contributed by atoms with van der Waals surface area (Å²) in [7, 11) is 1.44. The van der Waals surface area contributed by atoms with E-state index >= 15 is 0 Å². The molecule has 0 amide bonds. The summed E-state index contributed by atoms with van der Waals surface area (Å²) < 4.78 is 23.4. The highest BCUT2D eigenvalue weighted by atomic mass is 19.1. The van der Waals surface area contributed by atoms with Crippen LogP contribution < -0.4 is 4.74 Å². The van der Waals surface area contributed by atoms with E-state index in [-0.39, 0.29) is 18.0 Å². The van der Waals surface area contributed by atoms with E-state index < -0.39 is 11.8 Å². The molecule has 94 valence electrons. The average Bonchev–Trinajstić information content (AvgIpc) is 2.76. The number of oxazole rings is 1. The van der Waals surface area contributed by atoms with Crippen LogP contribution in [0.2, 0.25) is 0 Å². The molecule has 0 aliphatic rings. The predicted octanol–water partition coefficient (Wildman–Crippen LogP) is 2.12. The van der Waals surface area contributed by atoms with Gasteiger partial charge in [0.05, 0.1) is 24.8 Å². The molecule has 18 heavy (non-hydrogen) atoms. The summed E-state index contributed by atoms with van der Waals surface area (Å²) in [5, 5.41) is 8.63. The van der Waals surface area contributed by atoms with Gasteiger partial charge in [-0.05, 0) is 18.2 Å². The monoisotopic (exact) mass is 251 g/mol. The fourth-order valence-corrected chi connectivity index (χ4v) is 1.51. The third-order valence-electron chi connectivity index (χ3n) is 2.28. The molecule has 0 aliphatic carbocycles. The van der Waals surface area contributed by atoms with Gasteiger partial charge in [0.1, 0.15) is 17.8 Å². The van der Waals surface area contributed by atoms with E-state index in [9.17, 15) is 9.18 Å². The number of carbonyl (C=O) groups is 1. The molecule has 1 aromatic heterocycles. The van der Waals surface area contributed by atoms with Crippen LogP contribution in [0.5, 0.6) is 5.75 Å². The molecule has 1 N–H and O–H groups in total. The fraction of sp³-hybridized carbons (Fsp3) is 0.167. The normalized spacial score (nSPS) is 10.3. The SMILES string of the molecule is COc1ccc(F)cc1-c1nc(CC(=O)O)co1. The number of aromatic nitrogens is 1. The standard InChI is InChI=1S/C12H10FNO4/c1-17-10-3-2-7(13)4-9(10)12-14-8(6-18-12)5-11(15)16/h2-4,6H,5H2,1H3,(H,15,16). The molecule has 2 aromatic rings. The number of methoxy groups -OCH3 is 1. The average molecular weight is 251 g/mol. The number of halogens is 1. The maximum absolute atomic E-state index is 13.2. The molecule has 0 bridgehead atoms. The van der Waals surface area contributed by atoms with E-state index in [1.54, 1.807) is 0 Å². The topological polar surface area (TPSA) is 72.6 Å². The van der Waals surface area contributed by atoms with Gasteiger partial charge in [0.25, 0.3) is 0 Å². The number of nitrogens with zero attached hydrogens (tertiary/aromatic N) is 1. The third-order valence-corrected chi connectivity index (χ3v) is 2.28. The second-order valence-corrected chi connectivity index (χ2v) is 3.56. The number of carboxylic acid groups (broad SMARTS) is 1. The van der Waals surface area contributed by atoms with Crippen molar-refractivity contribution in [1.82, 2.24) is 4.98 Å². The smallest absolute Gasteiger partial charge is 0.309 e. The number of hydrogen-bond acceptors (Lipinski definition) is 4. The zero-order valence-electron chi connectivity index (χ0n) is 9.51. The molecule has 0 atom stereocenters. The van der Waals surface area contributed by atoms with Crippen LogP contribution in [0.15, 0.2) is 28.9 Å². The van der Waals surface area contributed by atoms with Crippen molar-refractivity contribution in [3.8, 4) is 17.2 Å². The number of carboxylic acids is 1. The predicted molar refractivity (Wildman–Crippen MR) is 59.8 cm³/mol. The summed E-state index contributed by atoms with van der Waals surface area (Å²) in [4.78, 5) is 14.5. The quantitative estimate of drug-likeness (QED) is 0.900. The van der Waals surface area contributed by atoms with Crippen molar-refractivity contribution < 1.29 is 23.4 Å². The molecule has 0 spiro atoms. The second-order valence-electron chi connectivity index (χ2n) is 3.56. The Balaban J connectivity index is 2.38. The van der Waals surface area contributed by atoms with E-state index in [2.05, 4.69) is 4.98 Å².